The normalized spacial score (nSPS) is 10.7. The van der Waals surface area contributed by atoms with E-state index in [1.165, 1.54) is 10.9 Å². The highest BCUT2D eigenvalue weighted by molar-refractivity contribution is 5.83. The lowest BCUT2D eigenvalue weighted by molar-refractivity contribution is -0.121. The van der Waals surface area contributed by atoms with Gasteiger partial charge in [-0.2, -0.15) is 0 Å². The van der Waals surface area contributed by atoms with Gasteiger partial charge in [-0.25, -0.2) is 0 Å². The van der Waals surface area contributed by atoms with Gasteiger partial charge in [-0.3, -0.25) is 4.79 Å². The van der Waals surface area contributed by atoms with Crippen molar-refractivity contribution in [3.63, 3.8) is 0 Å². The molecule has 2 aromatic carbocycles. The fourth-order valence-electron chi connectivity index (χ4n) is 3.06. The summed E-state index contributed by atoms with van der Waals surface area (Å²) in [5, 5.41) is 4.19. The average molecular weight is 352 g/mol. The maximum atomic E-state index is 12.1. The van der Waals surface area contributed by atoms with E-state index in [4.69, 9.17) is 9.47 Å². The molecule has 0 fully saturated rings. The number of para-hydroxylation sites is 1. The van der Waals surface area contributed by atoms with Crippen molar-refractivity contribution < 1.29 is 14.3 Å². The number of fused-ring (bicyclic) bond motifs is 1. The Balaban J connectivity index is 1.49. The van der Waals surface area contributed by atoms with Crippen LogP contribution in [-0.2, 0) is 17.8 Å². The van der Waals surface area contributed by atoms with E-state index in [2.05, 4.69) is 22.4 Å². The lowest BCUT2D eigenvalue weighted by atomic mass is 10.1. The molecule has 0 unspecified atom stereocenters. The van der Waals surface area contributed by atoms with Crippen molar-refractivity contribution in [2.45, 2.75) is 25.8 Å². The molecule has 1 aromatic heterocycles. The van der Waals surface area contributed by atoms with E-state index in [-0.39, 0.29) is 5.91 Å². The Morgan fingerprint density at radius 1 is 1.08 bits per heavy atom. The number of methoxy groups -OCH3 is 2. The van der Waals surface area contributed by atoms with Crippen molar-refractivity contribution in [3.05, 3.63) is 59.8 Å². The van der Waals surface area contributed by atoms with Gasteiger partial charge in [0, 0.05) is 41.7 Å². The summed E-state index contributed by atoms with van der Waals surface area (Å²) in [6.07, 6.45) is 4.22. The van der Waals surface area contributed by atoms with Crippen LogP contribution in [0.25, 0.3) is 10.9 Å². The second-order valence-corrected chi connectivity index (χ2v) is 6.17. The average Bonchev–Trinajstić information content (AvgIpc) is 3.09. The number of H-pyrrole nitrogens is 1. The van der Waals surface area contributed by atoms with E-state index >= 15 is 0 Å². The fraction of sp³-hybridized carbons (Fsp3) is 0.286. The standard InChI is InChI=1S/C21H24N2O3/c1-25-17-11-10-16(20(12-17)26-2)14-23-21(24)9-5-6-15-13-22-19-8-4-3-7-18(15)19/h3-4,7-8,10-13,22H,5-6,9,14H2,1-2H3,(H,23,24). The van der Waals surface area contributed by atoms with Gasteiger partial charge in [-0.05, 0) is 36.6 Å². The lowest BCUT2D eigenvalue weighted by Crippen LogP contribution is -2.22. The van der Waals surface area contributed by atoms with Gasteiger partial charge in [0.15, 0.2) is 0 Å². The minimum atomic E-state index is 0.0442. The van der Waals surface area contributed by atoms with E-state index in [1.807, 2.05) is 36.5 Å². The molecule has 3 rings (SSSR count). The largest absolute Gasteiger partial charge is 0.497 e. The molecule has 2 N–H and O–H groups in total. The van der Waals surface area contributed by atoms with Crippen LogP contribution >= 0.6 is 0 Å². The van der Waals surface area contributed by atoms with Crippen LogP contribution in [0.15, 0.2) is 48.7 Å². The molecule has 26 heavy (non-hydrogen) atoms. The Morgan fingerprint density at radius 2 is 1.92 bits per heavy atom. The number of aryl methyl sites for hydroxylation is 1. The molecule has 0 saturated heterocycles. The minimum Gasteiger partial charge on any atom is -0.497 e. The van der Waals surface area contributed by atoms with Crippen LogP contribution in [-0.4, -0.2) is 25.1 Å². The smallest absolute Gasteiger partial charge is 0.220 e. The maximum absolute atomic E-state index is 12.1. The summed E-state index contributed by atoms with van der Waals surface area (Å²) in [5.74, 6) is 1.49. The second kappa shape index (κ2) is 8.43. The van der Waals surface area contributed by atoms with Crippen molar-refractivity contribution in [1.29, 1.82) is 0 Å². The molecule has 1 amide bonds. The molecule has 0 aliphatic heterocycles. The predicted molar refractivity (Wildman–Crippen MR) is 103 cm³/mol. The second-order valence-electron chi connectivity index (χ2n) is 6.17. The zero-order chi connectivity index (χ0) is 18.4. The number of nitrogens with one attached hydrogen (secondary N) is 2. The summed E-state index contributed by atoms with van der Waals surface area (Å²) < 4.78 is 10.5. The van der Waals surface area contributed by atoms with Crippen LogP contribution in [0.5, 0.6) is 11.5 Å². The fourth-order valence-corrected chi connectivity index (χ4v) is 3.06. The van der Waals surface area contributed by atoms with E-state index < -0.39 is 0 Å². The highest BCUT2D eigenvalue weighted by Gasteiger charge is 2.08. The molecule has 0 spiro atoms. The zero-order valence-corrected chi connectivity index (χ0v) is 15.2. The van der Waals surface area contributed by atoms with Gasteiger partial charge in [0.25, 0.3) is 0 Å². The molecule has 0 bridgehead atoms. The van der Waals surface area contributed by atoms with Crippen LogP contribution in [0, 0.1) is 0 Å². The summed E-state index contributed by atoms with van der Waals surface area (Å²) in [7, 11) is 3.23. The highest BCUT2D eigenvalue weighted by Crippen LogP contribution is 2.24. The van der Waals surface area contributed by atoms with Crippen molar-refractivity contribution in [2.24, 2.45) is 0 Å². The molecule has 0 radical (unpaired) electrons. The van der Waals surface area contributed by atoms with E-state index in [9.17, 15) is 4.79 Å². The number of carbonyl (C=O) groups is 1. The molecule has 0 aliphatic rings. The van der Waals surface area contributed by atoms with Crippen LogP contribution in [0.3, 0.4) is 0 Å². The van der Waals surface area contributed by atoms with Crippen molar-refractivity contribution >= 4 is 16.8 Å². The van der Waals surface area contributed by atoms with E-state index in [1.54, 1.807) is 14.2 Å². The maximum Gasteiger partial charge on any atom is 0.220 e. The van der Waals surface area contributed by atoms with Crippen molar-refractivity contribution in [1.82, 2.24) is 10.3 Å². The summed E-state index contributed by atoms with van der Waals surface area (Å²) >= 11 is 0. The monoisotopic (exact) mass is 352 g/mol. The third-order valence-corrected chi connectivity index (χ3v) is 4.50. The molecular weight excluding hydrogens is 328 g/mol. The summed E-state index contributed by atoms with van der Waals surface area (Å²) in [6, 6.07) is 13.8. The summed E-state index contributed by atoms with van der Waals surface area (Å²) in [5.41, 5.74) is 3.32. The van der Waals surface area contributed by atoms with Gasteiger partial charge < -0.3 is 19.8 Å². The quantitative estimate of drug-likeness (QED) is 0.648. The summed E-state index contributed by atoms with van der Waals surface area (Å²) in [4.78, 5) is 15.4. The number of aromatic amines is 1. The molecule has 0 saturated carbocycles. The van der Waals surface area contributed by atoms with Crippen LogP contribution in [0.4, 0.5) is 0 Å². The first-order valence-electron chi connectivity index (χ1n) is 8.74. The first-order chi connectivity index (χ1) is 12.7. The molecular formula is C21H24N2O3. The van der Waals surface area contributed by atoms with Crippen LogP contribution < -0.4 is 14.8 Å². The number of rotatable bonds is 8. The zero-order valence-electron chi connectivity index (χ0n) is 15.2. The molecule has 0 aliphatic carbocycles. The first-order valence-corrected chi connectivity index (χ1v) is 8.74. The van der Waals surface area contributed by atoms with Gasteiger partial charge in [0.05, 0.1) is 14.2 Å². The number of carbonyl (C=O) groups excluding carboxylic acids is 1. The Kier molecular flexibility index (Phi) is 5.79. The van der Waals surface area contributed by atoms with Crippen molar-refractivity contribution in [2.75, 3.05) is 14.2 Å². The van der Waals surface area contributed by atoms with Gasteiger partial charge in [-0.1, -0.05) is 18.2 Å². The SMILES string of the molecule is COc1ccc(CNC(=O)CCCc2c[nH]c3ccccc23)c(OC)c1. The number of ether oxygens (including phenoxy) is 2. The van der Waals surface area contributed by atoms with Crippen LogP contribution in [0.1, 0.15) is 24.0 Å². The topological polar surface area (TPSA) is 63.3 Å². The third kappa shape index (κ3) is 4.17. The number of aromatic nitrogens is 1. The molecule has 5 nitrogen and oxygen atoms in total. The molecule has 1 heterocycles. The Hall–Kier alpha value is -2.95. The van der Waals surface area contributed by atoms with E-state index in [0.29, 0.717) is 18.7 Å². The third-order valence-electron chi connectivity index (χ3n) is 4.50. The summed E-state index contributed by atoms with van der Waals surface area (Å²) in [6.45, 7) is 0.444. The van der Waals surface area contributed by atoms with E-state index in [0.717, 1.165) is 29.7 Å². The number of benzene rings is 2. The highest BCUT2D eigenvalue weighted by atomic mass is 16.5. The predicted octanol–water partition coefficient (Wildman–Crippen LogP) is 3.82. The van der Waals surface area contributed by atoms with Crippen molar-refractivity contribution in [3.8, 4) is 11.5 Å². The minimum absolute atomic E-state index is 0.0442. The molecule has 5 heteroatoms. The van der Waals surface area contributed by atoms with Gasteiger partial charge in [0.2, 0.25) is 5.91 Å². The molecule has 0 atom stereocenters. The lowest BCUT2D eigenvalue weighted by Gasteiger charge is -2.11. The number of amides is 1. The number of hydrogen-bond donors (Lipinski definition) is 2. The van der Waals surface area contributed by atoms with Crippen LogP contribution in [0.2, 0.25) is 0 Å². The Labute approximate surface area is 153 Å². The molecule has 3 aromatic rings. The number of hydrogen-bond acceptors (Lipinski definition) is 3. The first kappa shape index (κ1) is 17.9. The Bertz CT molecular complexity index is 886. The van der Waals surface area contributed by atoms with Gasteiger partial charge in [0.1, 0.15) is 11.5 Å². The van der Waals surface area contributed by atoms with Gasteiger partial charge in [-0.15, -0.1) is 0 Å². The van der Waals surface area contributed by atoms with Gasteiger partial charge >= 0.3 is 0 Å². The molecule has 136 valence electrons. The Morgan fingerprint density at radius 3 is 2.73 bits per heavy atom.